The molecule has 32 heavy (non-hydrogen) atoms. The molecular formula is C25H48N4O3. The highest BCUT2D eigenvalue weighted by molar-refractivity contribution is 5.81. The average Bonchev–Trinajstić information content (AvgIpc) is 3.05. The van der Waals surface area contributed by atoms with Gasteiger partial charge in [0, 0.05) is 44.3 Å². The third-order valence-electron chi connectivity index (χ3n) is 5.65. The second-order valence-electron chi connectivity index (χ2n) is 11.9. The number of rotatable bonds is 14. The number of ether oxygens (including phenoxy) is 2. The first-order valence-corrected chi connectivity index (χ1v) is 12.0. The lowest BCUT2D eigenvalue weighted by Crippen LogP contribution is -2.38. The molecule has 186 valence electrons. The summed E-state index contributed by atoms with van der Waals surface area (Å²) in [6.07, 6.45) is 5.25. The Morgan fingerprint density at radius 3 is 2.12 bits per heavy atom. The molecule has 7 nitrogen and oxygen atoms in total. The van der Waals surface area contributed by atoms with E-state index in [9.17, 15) is 4.79 Å². The van der Waals surface area contributed by atoms with E-state index in [2.05, 4.69) is 64.1 Å². The van der Waals surface area contributed by atoms with Crippen molar-refractivity contribution in [1.29, 1.82) is 0 Å². The van der Waals surface area contributed by atoms with Crippen LogP contribution >= 0.6 is 0 Å². The highest BCUT2D eigenvalue weighted by Gasteiger charge is 2.28. The molecule has 1 aromatic rings. The number of nitrogens with one attached hydrogen (secondary N) is 1. The Labute approximate surface area is 196 Å². The molecule has 0 aliphatic rings. The van der Waals surface area contributed by atoms with E-state index in [0.717, 1.165) is 38.1 Å². The number of aryl methyl sites for hydroxylation is 1. The van der Waals surface area contributed by atoms with Gasteiger partial charge < -0.3 is 14.8 Å². The first kappa shape index (κ1) is 28.6. The predicted molar refractivity (Wildman–Crippen MR) is 130 cm³/mol. The van der Waals surface area contributed by atoms with E-state index in [1.165, 1.54) is 0 Å². The average molecular weight is 453 g/mol. The molecule has 1 rings (SSSR count). The smallest absolute Gasteiger partial charge is 0.225 e. The maximum Gasteiger partial charge on any atom is 0.225 e. The van der Waals surface area contributed by atoms with Crippen molar-refractivity contribution in [1.82, 2.24) is 20.3 Å². The summed E-state index contributed by atoms with van der Waals surface area (Å²) in [5.74, 6) is 0.0712. The number of carbonyl (C=O) groups is 1. The highest BCUT2D eigenvalue weighted by Crippen LogP contribution is 2.24. The fraction of sp³-hybridized carbons (Fsp3) is 0.880. The van der Waals surface area contributed by atoms with Gasteiger partial charge in [0.05, 0.1) is 16.9 Å². The molecule has 1 heterocycles. The van der Waals surface area contributed by atoms with Crippen LogP contribution < -0.4 is 5.32 Å². The molecule has 0 bridgehead atoms. The number of nitrogens with zero attached hydrogens (tertiary/aromatic N) is 3. The van der Waals surface area contributed by atoms with Crippen molar-refractivity contribution < 1.29 is 14.3 Å². The van der Waals surface area contributed by atoms with Crippen LogP contribution in [-0.4, -0.2) is 51.9 Å². The number of aromatic nitrogens is 3. The minimum atomic E-state index is -0.436. The van der Waals surface area contributed by atoms with E-state index in [4.69, 9.17) is 9.47 Å². The molecule has 0 aliphatic heterocycles. The van der Waals surface area contributed by atoms with Crippen molar-refractivity contribution in [3.8, 4) is 0 Å². The topological polar surface area (TPSA) is 78.3 Å². The lowest BCUT2D eigenvalue weighted by atomic mass is 9.88. The SMILES string of the molecule is CCNC(=O)C(C)(C)CCOC(C)(C)CCn1cc(CC(C)(C)OCCC(C)(C)C)nn1. The van der Waals surface area contributed by atoms with Crippen LogP contribution in [-0.2, 0) is 27.2 Å². The van der Waals surface area contributed by atoms with Gasteiger partial charge in [0.25, 0.3) is 0 Å². The summed E-state index contributed by atoms with van der Waals surface area (Å²) in [6.45, 7) is 23.6. The van der Waals surface area contributed by atoms with Gasteiger partial charge >= 0.3 is 0 Å². The van der Waals surface area contributed by atoms with Crippen molar-refractivity contribution in [2.24, 2.45) is 10.8 Å². The first-order valence-electron chi connectivity index (χ1n) is 12.0. The number of amides is 1. The molecule has 1 aromatic heterocycles. The predicted octanol–water partition coefficient (Wildman–Crippen LogP) is 4.79. The van der Waals surface area contributed by atoms with Crippen LogP contribution in [0.2, 0.25) is 0 Å². The number of hydrogen-bond acceptors (Lipinski definition) is 5. The highest BCUT2D eigenvalue weighted by atomic mass is 16.5. The Bertz CT molecular complexity index is 702. The second-order valence-corrected chi connectivity index (χ2v) is 11.9. The number of hydrogen-bond donors (Lipinski definition) is 1. The van der Waals surface area contributed by atoms with E-state index in [1.807, 2.05) is 31.6 Å². The molecule has 0 unspecified atom stereocenters. The van der Waals surface area contributed by atoms with Crippen molar-refractivity contribution in [3.05, 3.63) is 11.9 Å². The Balaban J connectivity index is 2.46. The molecule has 7 heteroatoms. The van der Waals surface area contributed by atoms with Gasteiger partial charge in [0.2, 0.25) is 5.91 Å². The first-order chi connectivity index (χ1) is 14.6. The summed E-state index contributed by atoms with van der Waals surface area (Å²) in [5, 5.41) is 11.5. The molecule has 0 radical (unpaired) electrons. The van der Waals surface area contributed by atoms with Crippen LogP contribution in [0.15, 0.2) is 6.20 Å². The van der Waals surface area contributed by atoms with Gasteiger partial charge in [-0.15, -0.1) is 5.10 Å². The summed E-state index contributed by atoms with van der Waals surface area (Å²) in [6, 6.07) is 0. The Morgan fingerprint density at radius 1 is 0.938 bits per heavy atom. The quantitative estimate of drug-likeness (QED) is 0.439. The molecule has 0 spiro atoms. The lowest BCUT2D eigenvalue weighted by molar-refractivity contribution is -0.131. The third kappa shape index (κ3) is 11.4. The minimum absolute atomic E-state index is 0.0712. The summed E-state index contributed by atoms with van der Waals surface area (Å²) in [4.78, 5) is 12.1. The van der Waals surface area contributed by atoms with Gasteiger partial charge in [0.1, 0.15) is 0 Å². The third-order valence-corrected chi connectivity index (χ3v) is 5.65. The van der Waals surface area contributed by atoms with Crippen LogP contribution in [0.4, 0.5) is 0 Å². The summed E-state index contributed by atoms with van der Waals surface area (Å²) in [5.41, 5.74) is 0.193. The zero-order valence-electron chi connectivity index (χ0n) is 22.3. The molecule has 1 N–H and O–H groups in total. The van der Waals surface area contributed by atoms with Crippen LogP contribution in [0.3, 0.4) is 0 Å². The summed E-state index contributed by atoms with van der Waals surface area (Å²) < 4.78 is 14.1. The molecule has 0 fully saturated rings. The molecule has 0 saturated carbocycles. The Morgan fingerprint density at radius 2 is 1.53 bits per heavy atom. The standard InChI is InChI=1S/C25H48N4O3/c1-11-26-21(30)23(5,6)14-17-31-24(7,8)12-15-29-19-20(27-28-29)18-25(9,10)32-16-13-22(2,3)4/h19H,11-18H2,1-10H3,(H,26,30). The van der Waals surface area contributed by atoms with Crippen molar-refractivity contribution in [2.75, 3.05) is 19.8 Å². The van der Waals surface area contributed by atoms with Gasteiger partial charge in [-0.05, 0) is 59.3 Å². The minimum Gasteiger partial charge on any atom is -0.375 e. The maximum absolute atomic E-state index is 12.1. The normalized spacial score (nSPS) is 13.4. The van der Waals surface area contributed by atoms with Crippen LogP contribution in [0.5, 0.6) is 0 Å². The Hall–Kier alpha value is -1.47. The van der Waals surface area contributed by atoms with E-state index in [-0.39, 0.29) is 22.5 Å². The van der Waals surface area contributed by atoms with Crippen LogP contribution in [0.25, 0.3) is 0 Å². The van der Waals surface area contributed by atoms with Crippen molar-refractivity contribution in [3.63, 3.8) is 0 Å². The molecule has 0 aromatic carbocycles. The molecule has 1 amide bonds. The fourth-order valence-electron chi connectivity index (χ4n) is 3.20. The zero-order valence-corrected chi connectivity index (χ0v) is 22.3. The lowest BCUT2D eigenvalue weighted by Gasteiger charge is -2.29. The van der Waals surface area contributed by atoms with Crippen LogP contribution in [0.1, 0.15) is 94.2 Å². The van der Waals surface area contributed by atoms with E-state index >= 15 is 0 Å². The van der Waals surface area contributed by atoms with Gasteiger partial charge in [-0.3, -0.25) is 9.48 Å². The molecule has 0 atom stereocenters. The van der Waals surface area contributed by atoms with E-state index < -0.39 is 5.41 Å². The molecule has 0 aliphatic carbocycles. The molecular weight excluding hydrogens is 404 g/mol. The Kier molecular flexibility index (Phi) is 10.3. The van der Waals surface area contributed by atoms with Gasteiger partial charge in [-0.1, -0.05) is 39.8 Å². The van der Waals surface area contributed by atoms with Gasteiger partial charge in [-0.2, -0.15) is 0 Å². The number of carbonyl (C=O) groups excluding carboxylic acids is 1. The fourth-order valence-corrected chi connectivity index (χ4v) is 3.20. The summed E-state index contributed by atoms with van der Waals surface area (Å²) >= 11 is 0. The zero-order chi connectivity index (χ0) is 24.6. The van der Waals surface area contributed by atoms with Crippen molar-refractivity contribution in [2.45, 2.75) is 113 Å². The summed E-state index contributed by atoms with van der Waals surface area (Å²) in [7, 11) is 0. The van der Waals surface area contributed by atoms with Gasteiger partial charge in [0.15, 0.2) is 0 Å². The monoisotopic (exact) mass is 452 g/mol. The maximum atomic E-state index is 12.1. The second kappa shape index (κ2) is 11.6. The van der Waals surface area contributed by atoms with Crippen molar-refractivity contribution >= 4 is 5.91 Å². The largest absolute Gasteiger partial charge is 0.375 e. The van der Waals surface area contributed by atoms with Gasteiger partial charge in [-0.25, -0.2) is 0 Å². The molecule has 0 saturated heterocycles. The van der Waals surface area contributed by atoms with E-state index in [1.54, 1.807) is 0 Å². The van der Waals surface area contributed by atoms with Crippen LogP contribution in [0, 0.1) is 10.8 Å². The van der Waals surface area contributed by atoms with E-state index in [0.29, 0.717) is 19.6 Å².